The van der Waals surface area contributed by atoms with E-state index in [2.05, 4.69) is 73.1 Å². The fourth-order valence-electron chi connectivity index (χ4n) is 4.40. The molecule has 0 aliphatic carbocycles. The molecule has 2 aliphatic rings. The van der Waals surface area contributed by atoms with E-state index in [0.29, 0.717) is 17.3 Å². The number of ether oxygens (including phenoxy) is 1. The van der Waals surface area contributed by atoms with Gasteiger partial charge in [-0.3, -0.25) is 9.89 Å². The van der Waals surface area contributed by atoms with Gasteiger partial charge in [-0.1, -0.05) is 48.6 Å². The van der Waals surface area contributed by atoms with E-state index in [9.17, 15) is 5.26 Å². The van der Waals surface area contributed by atoms with Gasteiger partial charge in [0.05, 0.1) is 17.1 Å². The van der Waals surface area contributed by atoms with E-state index in [1.54, 1.807) is 12.3 Å². The maximum absolute atomic E-state index is 9.85. The van der Waals surface area contributed by atoms with Gasteiger partial charge in [-0.2, -0.15) is 10.2 Å². The molecule has 0 radical (unpaired) electrons. The summed E-state index contributed by atoms with van der Waals surface area (Å²) < 4.78 is 6.82. The Bertz CT molecular complexity index is 1290. The second-order valence-electron chi connectivity index (χ2n) is 8.76. The predicted octanol–water partition coefficient (Wildman–Crippen LogP) is 2.11. The van der Waals surface area contributed by atoms with Crippen LogP contribution in [0.5, 0.6) is 6.01 Å². The Morgan fingerprint density at radius 3 is 2.74 bits per heavy atom. The number of nitrogens with zero attached hydrogens (tertiary/aromatic N) is 7. The molecule has 180 valence electrons. The zero-order chi connectivity index (χ0) is 24.0. The van der Waals surface area contributed by atoms with Crippen LogP contribution in [-0.2, 0) is 13.2 Å². The molecule has 0 saturated carbocycles. The number of hydrogen-bond acceptors (Lipinski definition) is 9. The highest BCUT2D eigenvalue weighted by molar-refractivity contribution is 7.09. The number of fused-ring (bicyclic) bond motifs is 1. The van der Waals surface area contributed by atoms with Crippen molar-refractivity contribution in [3.63, 3.8) is 0 Å². The summed E-state index contributed by atoms with van der Waals surface area (Å²) in [7, 11) is 0. The van der Waals surface area contributed by atoms with Crippen LogP contribution in [-0.4, -0.2) is 64.0 Å². The summed E-state index contributed by atoms with van der Waals surface area (Å²) in [5, 5.41) is 11.4. The lowest BCUT2D eigenvalue weighted by atomic mass is 10.1. The van der Waals surface area contributed by atoms with Crippen LogP contribution in [0.25, 0.3) is 6.08 Å². The lowest BCUT2D eigenvalue weighted by Crippen LogP contribution is -2.45. The Hall–Kier alpha value is -3.19. The summed E-state index contributed by atoms with van der Waals surface area (Å²) in [6, 6.07) is 12.8. The highest BCUT2D eigenvalue weighted by Gasteiger charge is 2.21. The van der Waals surface area contributed by atoms with Crippen LogP contribution < -0.4 is 14.8 Å². The van der Waals surface area contributed by atoms with Crippen LogP contribution in [0.2, 0.25) is 0 Å². The van der Waals surface area contributed by atoms with Crippen LogP contribution >= 0.6 is 11.3 Å². The van der Waals surface area contributed by atoms with E-state index in [4.69, 9.17) is 4.74 Å². The molecule has 0 spiro atoms. The van der Waals surface area contributed by atoms with Gasteiger partial charge in [-0.05, 0) is 30.2 Å². The average molecular weight is 488 g/mol. The Kier molecular flexibility index (Phi) is 7.42. The summed E-state index contributed by atoms with van der Waals surface area (Å²) in [6.07, 6.45) is 4.60. The first-order valence-electron chi connectivity index (χ1n) is 12.1. The van der Waals surface area contributed by atoms with Crippen molar-refractivity contribution in [2.45, 2.75) is 32.4 Å². The zero-order valence-corrected chi connectivity index (χ0v) is 20.7. The van der Waals surface area contributed by atoms with Crippen LogP contribution in [0, 0.1) is 11.3 Å². The second-order valence-corrected chi connectivity index (χ2v) is 9.77. The molecular weight excluding hydrogens is 458 g/mol. The van der Waals surface area contributed by atoms with Gasteiger partial charge >= 0.3 is 6.01 Å². The molecule has 0 bridgehead atoms. The Balaban J connectivity index is 1.24. The van der Waals surface area contributed by atoms with Crippen molar-refractivity contribution < 1.29 is 4.74 Å². The van der Waals surface area contributed by atoms with Gasteiger partial charge in [0.1, 0.15) is 22.2 Å². The van der Waals surface area contributed by atoms with Crippen molar-refractivity contribution in [2.24, 2.45) is 4.99 Å². The van der Waals surface area contributed by atoms with Crippen molar-refractivity contribution in [3.8, 4) is 12.1 Å². The molecule has 0 amide bonds. The number of nitriles is 1. The third kappa shape index (κ3) is 5.73. The van der Waals surface area contributed by atoms with Crippen molar-refractivity contribution >= 4 is 17.4 Å². The van der Waals surface area contributed by atoms with E-state index >= 15 is 0 Å². The first kappa shape index (κ1) is 23.5. The third-order valence-corrected chi connectivity index (χ3v) is 7.45. The van der Waals surface area contributed by atoms with Gasteiger partial charge in [0, 0.05) is 45.5 Å². The smallest absolute Gasteiger partial charge is 0.316 e. The number of benzene rings is 1. The van der Waals surface area contributed by atoms with Crippen molar-refractivity contribution in [1.29, 1.82) is 5.26 Å². The number of rotatable bonds is 8. The Morgan fingerprint density at radius 2 is 1.94 bits per heavy atom. The summed E-state index contributed by atoms with van der Waals surface area (Å²) in [4.78, 5) is 22.9. The fourth-order valence-corrected chi connectivity index (χ4v) is 5.42. The molecule has 1 unspecified atom stereocenters. The van der Waals surface area contributed by atoms with Crippen LogP contribution in [0.15, 0.2) is 41.5 Å². The van der Waals surface area contributed by atoms with Gasteiger partial charge < -0.3 is 9.64 Å². The Labute approximate surface area is 209 Å². The minimum atomic E-state index is -0.573. The molecule has 9 heteroatoms. The minimum Gasteiger partial charge on any atom is -0.459 e. The summed E-state index contributed by atoms with van der Waals surface area (Å²) in [6.45, 7) is 9.90. The number of piperazine rings is 1. The lowest BCUT2D eigenvalue weighted by Gasteiger charge is -2.34. The van der Waals surface area contributed by atoms with E-state index in [-0.39, 0.29) is 6.01 Å². The van der Waals surface area contributed by atoms with Crippen molar-refractivity contribution in [3.05, 3.63) is 68.4 Å². The quantitative estimate of drug-likeness (QED) is 0.481. The van der Waals surface area contributed by atoms with Crippen LogP contribution in [0.3, 0.4) is 0 Å². The number of thiazole rings is 1. The molecule has 1 aromatic carbocycles. The van der Waals surface area contributed by atoms with Gasteiger partial charge in [0.2, 0.25) is 0 Å². The standard InChI is InChI=1S/C26H29N7OS/c1-2-32-11-13-33(14-12-32)17-19-5-3-6-20(15-19)18-34-26-29-10-8-22(31-26)21(16-27)24-30-23-7-4-9-28-25(23)35-24/h3,5-8,10,15,21H,2,4,9,11-14,17-18H2,1H3. The van der Waals surface area contributed by atoms with E-state index in [1.165, 1.54) is 16.9 Å². The number of hydrogen-bond donors (Lipinski definition) is 0. The zero-order valence-electron chi connectivity index (χ0n) is 19.9. The second kappa shape index (κ2) is 11.0. The first-order valence-corrected chi connectivity index (χ1v) is 12.9. The minimum absolute atomic E-state index is 0.265. The van der Waals surface area contributed by atoms with Crippen molar-refractivity contribution in [2.75, 3.05) is 39.3 Å². The molecule has 2 aliphatic heterocycles. The largest absolute Gasteiger partial charge is 0.459 e. The SMILES string of the molecule is CCN1CCN(Cc2cccc(COc3nccc(C(C#N)c4nc5c(s4)=NCCC=5)n3)c2)CC1. The maximum atomic E-state index is 9.85. The molecule has 1 saturated heterocycles. The molecule has 3 aromatic rings. The van der Waals surface area contributed by atoms with Crippen molar-refractivity contribution in [1.82, 2.24) is 24.8 Å². The summed E-state index contributed by atoms with van der Waals surface area (Å²) in [5.74, 6) is -0.573. The fraction of sp³-hybridized carbons (Fsp3) is 0.423. The highest BCUT2D eigenvalue weighted by atomic mass is 32.1. The third-order valence-electron chi connectivity index (χ3n) is 6.38. The molecule has 5 rings (SSSR count). The molecule has 35 heavy (non-hydrogen) atoms. The summed E-state index contributed by atoms with van der Waals surface area (Å²) in [5.41, 5.74) is 2.94. The molecule has 4 heterocycles. The molecular formula is C26H29N7OS. The number of aromatic nitrogens is 3. The average Bonchev–Trinajstić information content (AvgIpc) is 3.33. The lowest BCUT2D eigenvalue weighted by molar-refractivity contribution is 0.132. The van der Waals surface area contributed by atoms with E-state index in [1.807, 2.05) is 0 Å². The first-order chi connectivity index (χ1) is 17.2. The van der Waals surface area contributed by atoms with E-state index in [0.717, 1.165) is 67.8 Å². The van der Waals surface area contributed by atoms with Gasteiger partial charge in [0.15, 0.2) is 0 Å². The number of likely N-dealkylation sites (N-methyl/N-ethyl adjacent to an activating group) is 1. The topological polar surface area (TPSA) is 90.5 Å². The molecule has 0 N–H and O–H groups in total. The van der Waals surface area contributed by atoms with Crippen LogP contribution in [0.1, 0.15) is 41.1 Å². The van der Waals surface area contributed by atoms with Gasteiger partial charge in [-0.25, -0.2) is 9.97 Å². The molecule has 1 atom stereocenters. The molecule has 8 nitrogen and oxygen atoms in total. The molecule has 1 fully saturated rings. The maximum Gasteiger partial charge on any atom is 0.316 e. The predicted molar refractivity (Wildman–Crippen MR) is 134 cm³/mol. The Morgan fingerprint density at radius 1 is 1.11 bits per heavy atom. The highest BCUT2D eigenvalue weighted by Crippen LogP contribution is 2.23. The van der Waals surface area contributed by atoms with Gasteiger partial charge in [-0.15, -0.1) is 0 Å². The van der Waals surface area contributed by atoms with Crippen LogP contribution in [0.4, 0.5) is 0 Å². The van der Waals surface area contributed by atoms with Gasteiger partial charge in [0.25, 0.3) is 0 Å². The molecule has 2 aromatic heterocycles. The summed E-state index contributed by atoms with van der Waals surface area (Å²) >= 11 is 1.46. The normalized spacial score (nSPS) is 17.0. The van der Waals surface area contributed by atoms with E-state index < -0.39 is 5.92 Å². The monoisotopic (exact) mass is 487 g/mol.